The number of carbonyl (C=O) groups is 1. The number of thioether (sulfide) groups is 1. The van der Waals surface area contributed by atoms with E-state index in [2.05, 4.69) is 5.32 Å². The standard InChI is InChI=1S/C15H17F3N2OS/c1-2-3-14(21)20(12-8-9-19-10-12)11-4-6-13(7-5-11)22-15(16,17)18/h2-7,12,19H,8-10H2,1H3. The minimum Gasteiger partial charge on any atom is -0.315 e. The molecule has 3 nitrogen and oxygen atoms in total. The summed E-state index contributed by atoms with van der Waals surface area (Å²) in [6.07, 6.45) is 3.95. The van der Waals surface area contributed by atoms with Crippen LogP contribution in [0, 0.1) is 0 Å². The van der Waals surface area contributed by atoms with Crippen LogP contribution in [0.5, 0.6) is 0 Å². The number of benzene rings is 1. The molecule has 22 heavy (non-hydrogen) atoms. The highest BCUT2D eigenvalue weighted by molar-refractivity contribution is 8.00. The van der Waals surface area contributed by atoms with Crippen LogP contribution >= 0.6 is 11.8 Å². The first-order valence-electron chi connectivity index (χ1n) is 6.93. The van der Waals surface area contributed by atoms with E-state index in [1.165, 1.54) is 18.2 Å². The fourth-order valence-electron chi connectivity index (χ4n) is 2.41. The Bertz CT molecular complexity index is 537. The zero-order chi connectivity index (χ0) is 16.2. The summed E-state index contributed by atoms with van der Waals surface area (Å²) in [5.41, 5.74) is -3.69. The second-order valence-electron chi connectivity index (χ2n) is 4.90. The summed E-state index contributed by atoms with van der Waals surface area (Å²) in [6, 6.07) is 5.93. The second kappa shape index (κ2) is 7.19. The Labute approximate surface area is 131 Å². The predicted octanol–water partition coefficient (Wildman–Crippen LogP) is 3.57. The summed E-state index contributed by atoms with van der Waals surface area (Å²) in [5, 5.41) is 3.19. The topological polar surface area (TPSA) is 32.3 Å². The average molecular weight is 330 g/mol. The number of allylic oxidation sites excluding steroid dienone is 1. The van der Waals surface area contributed by atoms with Crippen LogP contribution < -0.4 is 10.2 Å². The van der Waals surface area contributed by atoms with Crippen LogP contribution in [0.4, 0.5) is 18.9 Å². The van der Waals surface area contributed by atoms with E-state index in [1.807, 2.05) is 0 Å². The van der Waals surface area contributed by atoms with Gasteiger partial charge >= 0.3 is 5.51 Å². The van der Waals surface area contributed by atoms with E-state index in [-0.39, 0.29) is 28.6 Å². The number of nitrogens with one attached hydrogen (secondary N) is 1. The van der Waals surface area contributed by atoms with E-state index in [9.17, 15) is 18.0 Å². The first kappa shape index (κ1) is 16.9. The summed E-state index contributed by atoms with van der Waals surface area (Å²) in [7, 11) is 0. The second-order valence-corrected chi connectivity index (χ2v) is 6.04. The number of carbonyl (C=O) groups excluding carboxylic acids is 1. The molecule has 0 aliphatic carbocycles. The Balaban J connectivity index is 2.22. The number of rotatable bonds is 4. The summed E-state index contributed by atoms with van der Waals surface area (Å²) >= 11 is -0.158. The van der Waals surface area contributed by atoms with E-state index in [4.69, 9.17) is 0 Å². The fraction of sp³-hybridized carbons (Fsp3) is 0.400. The molecule has 0 aromatic heterocycles. The van der Waals surface area contributed by atoms with Gasteiger partial charge in [-0.3, -0.25) is 4.79 Å². The van der Waals surface area contributed by atoms with Gasteiger partial charge in [-0.05, 0) is 62.0 Å². The smallest absolute Gasteiger partial charge is 0.315 e. The number of alkyl halides is 3. The van der Waals surface area contributed by atoms with Gasteiger partial charge in [0.15, 0.2) is 0 Å². The molecule has 1 N–H and O–H groups in total. The van der Waals surface area contributed by atoms with Gasteiger partial charge < -0.3 is 10.2 Å². The van der Waals surface area contributed by atoms with Gasteiger partial charge in [0.1, 0.15) is 0 Å². The minimum absolute atomic E-state index is 0.0184. The van der Waals surface area contributed by atoms with Crippen LogP contribution in [0.15, 0.2) is 41.3 Å². The van der Waals surface area contributed by atoms with Crippen LogP contribution in [-0.2, 0) is 4.79 Å². The highest BCUT2D eigenvalue weighted by Gasteiger charge is 2.30. The Morgan fingerprint density at radius 1 is 1.36 bits per heavy atom. The fourth-order valence-corrected chi connectivity index (χ4v) is 2.95. The van der Waals surface area contributed by atoms with Crippen LogP contribution in [0.2, 0.25) is 0 Å². The minimum atomic E-state index is -4.31. The van der Waals surface area contributed by atoms with Gasteiger partial charge in [0, 0.05) is 17.1 Å². The third-order valence-electron chi connectivity index (χ3n) is 3.29. The molecule has 2 rings (SSSR count). The average Bonchev–Trinajstić information content (AvgIpc) is 2.93. The molecule has 0 saturated carbocycles. The predicted molar refractivity (Wildman–Crippen MR) is 81.9 cm³/mol. The van der Waals surface area contributed by atoms with Gasteiger partial charge in [0.05, 0.1) is 6.04 Å². The molecule has 0 spiro atoms. The Morgan fingerprint density at radius 3 is 2.55 bits per heavy atom. The summed E-state index contributed by atoms with van der Waals surface area (Å²) in [5.74, 6) is -0.160. The molecule has 0 radical (unpaired) electrons. The van der Waals surface area contributed by atoms with Crippen LogP contribution in [0.1, 0.15) is 13.3 Å². The molecule has 1 fully saturated rings. The third kappa shape index (κ3) is 4.51. The third-order valence-corrected chi connectivity index (χ3v) is 4.03. The molecule has 1 saturated heterocycles. The Morgan fingerprint density at radius 2 is 2.05 bits per heavy atom. The lowest BCUT2D eigenvalue weighted by atomic mass is 10.1. The highest BCUT2D eigenvalue weighted by atomic mass is 32.2. The van der Waals surface area contributed by atoms with Gasteiger partial charge in [-0.25, -0.2) is 0 Å². The SMILES string of the molecule is CC=CC(=O)N(c1ccc(SC(F)(F)F)cc1)C1CCNC1. The zero-order valence-corrected chi connectivity index (χ0v) is 12.9. The number of nitrogens with zero attached hydrogens (tertiary/aromatic N) is 1. The molecular formula is C15H17F3N2OS. The van der Waals surface area contributed by atoms with Crippen molar-refractivity contribution in [2.75, 3.05) is 18.0 Å². The molecule has 1 heterocycles. The van der Waals surface area contributed by atoms with Crippen molar-refractivity contribution in [3.05, 3.63) is 36.4 Å². The van der Waals surface area contributed by atoms with Crippen molar-refractivity contribution in [3.8, 4) is 0 Å². The number of hydrogen-bond donors (Lipinski definition) is 1. The lowest BCUT2D eigenvalue weighted by Crippen LogP contribution is -2.40. The molecule has 1 aromatic carbocycles. The largest absolute Gasteiger partial charge is 0.446 e. The Kier molecular flexibility index (Phi) is 5.52. The molecule has 1 aliphatic heterocycles. The number of hydrogen-bond acceptors (Lipinski definition) is 3. The van der Waals surface area contributed by atoms with Crippen molar-refractivity contribution in [3.63, 3.8) is 0 Å². The summed E-state index contributed by atoms with van der Waals surface area (Å²) < 4.78 is 37.1. The maximum absolute atomic E-state index is 12.4. The normalized spacial score (nSPS) is 18.8. The van der Waals surface area contributed by atoms with Crippen molar-refractivity contribution in [2.24, 2.45) is 0 Å². The molecule has 1 atom stereocenters. The molecule has 1 aliphatic rings. The molecule has 120 valence electrons. The zero-order valence-electron chi connectivity index (χ0n) is 12.1. The number of amides is 1. The lowest BCUT2D eigenvalue weighted by molar-refractivity contribution is -0.114. The first-order valence-corrected chi connectivity index (χ1v) is 7.75. The van der Waals surface area contributed by atoms with E-state index in [0.717, 1.165) is 13.0 Å². The van der Waals surface area contributed by atoms with Gasteiger partial charge in [-0.15, -0.1) is 0 Å². The molecular weight excluding hydrogens is 313 g/mol. The number of anilines is 1. The number of halogens is 3. The molecule has 1 aromatic rings. The first-order chi connectivity index (χ1) is 10.4. The van der Waals surface area contributed by atoms with Gasteiger partial charge in [0.25, 0.3) is 5.91 Å². The van der Waals surface area contributed by atoms with Gasteiger partial charge in [-0.1, -0.05) is 6.08 Å². The van der Waals surface area contributed by atoms with Crippen LogP contribution in [-0.4, -0.2) is 30.5 Å². The summed E-state index contributed by atoms with van der Waals surface area (Å²) in [6.45, 7) is 3.26. The molecule has 7 heteroatoms. The quantitative estimate of drug-likeness (QED) is 0.677. The van der Waals surface area contributed by atoms with Crippen LogP contribution in [0.25, 0.3) is 0 Å². The van der Waals surface area contributed by atoms with E-state index in [0.29, 0.717) is 12.2 Å². The highest BCUT2D eigenvalue weighted by Crippen LogP contribution is 2.37. The molecule has 0 bridgehead atoms. The van der Waals surface area contributed by atoms with Gasteiger partial charge in [0.2, 0.25) is 0 Å². The summed E-state index contributed by atoms with van der Waals surface area (Å²) in [4.78, 5) is 14.0. The van der Waals surface area contributed by atoms with E-state index < -0.39 is 5.51 Å². The maximum atomic E-state index is 12.4. The van der Waals surface area contributed by atoms with Crippen molar-refractivity contribution in [1.29, 1.82) is 0 Å². The molecule has 1 amide bonds. The van der Waals surface area contributed by atoms with Crippen LogP contribution in [0.3, 0.4) is 0 Å². The maximum Gasteiger partial charge on any atom is 0.446 e. The van der Waals surface area contributed by atoms with Crippen molar-refractivity contribution in [2.45, 2.75) is 29.8 Å². The monoisotopic (exact) mass is 330 g/mol. The van der Waals surface area contributed by atoms with E-state index >= 15 is 0 Å². The Hall–Kier alpha value is -1.47. The molecule has 1 unspecified atom stereocenters. The van der Waals surface area contributed by atoms with Crippen molar-refractivity contribution < 1.29 is 18.0 Å². The van der Waals surface area contributed by atoms with E-state index in [1.54, 1.807) is 30.0 Å². The van der Waals surface area contributed by atoms with Crippen molar-refractivity contribution in [1.82, 2.24) is 5.32 Å². The lowest BCUT2D eigenvalue weighted by Gasteiger charge is -2.27. The van der Waals surface area contributed by atoms with Gasteiger partial charge in [-0.2, -0.15) is 13.2 Å². The van der Waals surface area contributed by atoms with Crippen molar-refractivity contribution >= 4 is 23.4 Å².